The second kappa shape index (κ2) is 9.52. The van der Waals surface area contributed by atoms with E-state index in [1.807, 2.05) is 30.3 Å². The predicted molar refractivity (Wildman–Crippen MR) is 79.0 cm³/mol. The molecule has 5 nitrogen and oxygen atoms in total. The molecule has 0 aliphatic carbocycles. The molecule has 0 aliphatic rings. The number of guanidine groups is 1. The van der Waals surface area contributed by atoms with Gasteiger partial charge in [-0.1, -0.05) is 18.2 Å². The molecule has 106 valence electrons. The van der Waals surface area contributed by atoms with E-state index in [1.54, 1.807) is 14.2 Å². The maximum atomic E-state index is 12.0. The second-order valence-corrected chi connectivity index (χ2v) is 5.35. The SMILES string of the molecule is CN=C(NCCOC)NCCS(=O)c1ccccc1. The Labute approximate surface area is 116 Å². The number of methoxy groups -OCH3 is 1. The van der Waals surface area contributed by atoms with Crippen molar-refractivity contribution in [3.63, 3.8) is 0 Å². The van der Waals surface area contributed by atoms with Crippen LogP contribution in [0.3, 0.4) is 0 Å². The number of nitrogens with zero attached hydrogens (tertiary/aromatic N) is 1. The van der Waals surface area contributed by atoms with Crippen molar-refractivity contribution in [2.75, 3.05) is 39.6 Å². The molecule has 1 aromatic rings. The lowest BCUT2D eigenvalue weighted by Crippen LogP contribution is -2.40. The Balaban J connectivity index is 2.27. The quantitative estimate of drug-likeness (QED) is 0.437. The van der Waals surface area contributed by atoms with Crippen LogP contribution in [0.2, 0.25) is 0 Å². The molecule has 0 spiro atoms. The molecule has 1 rings (SSSR count). The zero-order valence-electron chi connectivity index (χ0n) is 11.4. The van der Waals surface area contributed by atoms with Crippen molar-refractivity contribution in [1.29, 1.82) is 0 Å². The summed E-state index contributed by atoms with van der Waals surface area (Å²) in [6.45, 7) is 1.92. The van der Waals surface area contributed by atoms with Gasteiger partial charge >= 0.3 is 0 Å². The lowest BCUT2D eigenvalue weighted by atomic mass is 10.4. The molecule has 0 radical (unpaired) electrons. The smallest absolute Gasteiger partial charge is 0.191 e. The van der Waals surface area contributed by atoms with Gasteiger partial charge < -0.3 is 15.4 Å². The third-order valence-electron chi connectivity index (χ3n) is 2.41. The zero-order chi connectivity index (χ0) is 13.9. The van der Waals surface area contributed by atoms with Gasteiger partial charge in [-0.05, 0) is 12.1 Å². The average molecular weight is 283 g/mol. The highest BCUT2D eigenvalue weighted by molar-refractivity contribution is 7.85. The third-order valence-corrected chi connectivity index (χ3v) is 3.78. The van der Waals surface area contributed by atoms with E-state index in [0.29, 0.717) is 31.4 Å². The van der Waals surface area contributed by atoms with Crippen LogP contribution in [-0.4, -0.2) is 49.8 Å². The van der Waals surface area contributed by atoms with E-state index >= 15 is 0 Å². The van der Waals surface area contributed by atoms with Crippen LogP contribution in [0, 0.1) is 0 Å². The fourth-order valence-electron chi connectivity index (χ4n) is 1.44. The Morgan fingerprint density at radius 1 is 1.26 bits per heavy atom. The van der Waals surface area contributed by atoms with Crippen molar-refractivity contribution in [1.82, 2.24) is 10.6 Å². The molecular formula is C13H21N3O2S. The summed E-state index contributed by atoms with van der Waals surface area (Å²) in [5, 5.41) is 6.22. The minimum Gasteiger partial charge on any atom is -0.383 e. The Bertz CT molecular complexity index is 410. The highest BCUT2D eigenvalue weighted by Gasteiger charge is 2.03. The van der Waals surface area contributed by atoms with E-state index in [1.165, 1.54) is 0 Å². The van der Waals surface area contributed by atoms with Crippen LogP contribution in [0.15, 0.2) is 40.2 Å². The lowest BCUT2D eigenvalue weighted by Gasteiger charge is -2.11. The third kappa shape index (κ3) is 6.35. The summed E-state index contributed by atoms with van der Waals surface area (Å²) in [6.07, 6.45) is 0. The van der Waals surface area contributed by atoms with E-state index < -0.39 is 10.8 Å². The van der Waals surface area contributed by atoms with Gasteiger partial charge in [-0.15, -0.1) is 0 Å². The summed E-state index contributed by atoms with van der Waals surface area (Å²) in [4.78, 5) is 4.92. The van der Waals surface area contributed by atoms with Crippen molar-refractivity contribution in [2.24, 2.45) is 4.99 Å². The van der Waals surface area contributed by atoms with Gasteiger partial charge in [0.25, 0.3) is 0 Å². The van der Waals surface area contributed by atoms with Gasteiger partial charge in [-0.3, -0.25) is 9.20 Å². The minimum atomic E-state index is -0.979. The number of hydrogen-bond donors (Lipinski definition) is 2. The molecule has 0 heterocycles. The number of rotatable bonds is 7. The number of ether oxygens (including phenoxy) is 1. The molecular weight excluding hydrogens is 262 g/mol. The van der Waals surface area contributed by atoms with Gasteiger partial charge in [-0.2, -0.15) is 0 Å². The fraction of sp³-hybridized carbons (Fsp3) is 0.462. The summed E-state index contributed by atoms with van der Waals surface area (Å²) < 4.78 is 16.9. The summed E-state index contributed by atoms with van der Waals surface area (Å²) in [6, 6.07) is 9.46. The normalized spacial score (nSPS) is 13.1. The molecule has 1 aromatic carbocycles. The van der Waals surface area contributed by atoms with Crippen LogP contribution in [0.1, 0.15) is 0 Å². The molecule has 0 saturated carbocycles. The average Bonchev–Trinajstić information content (AvgIpc) is 2.46. The van der Waals surface area contributed by atoms with Crippen LogP contribution in [0.4, 0.5) is 0 Å². The van der Waals surface area contributed by atoms with Gasteiger partial charge in [0.2, 0.25) is 0 Å². The molecule has 1 unspecified atom stereocenters. The summed E-state index contributed by atoms with van der Waals surface area (Å²) in [5.74, 6) is 1.25. The Hall–Kier alpha value is -1.40. The zero-order valence-corrected chi connectivity index (χ0v) is 12.2. The minimum absolute atomic E-state index is 0.551. The summed E-state index contributed by atoms with van der Waals surface area (Å²) in [5.41, 5.74) is 0. The van der Waals surface area contributed by atoms with Gasteiger partial charge in [0.15, 0.2) is 5.96 Å². The van der Waals surface area contributed by atoms with Gasteiger partial charge in [0.1, 0.15) is 0 Å². The van der Waals surface area contributed by atoms with E-state index in [4.69, 9.17) is 4.74 Å². The molecule has 6 heteroatoms. The monoisotopic (exact) mass is 283 g/mol. The topological polar surface area (TPSA) is 62.7 Å². The Morgan fingerprint density at radius 2 is 1.95 bits per heavy atom. The van der Waals surface area contributed by atoms with E-state index in [2.05, 4.69) is 15.6 Å². The molecule has 2 N–H and O–H groups in total. The van der Waals surface area contributed by atoms with Crippen molar-refractivity contribution >= 4 is 16.8 Å². The van der Waals surface area contributed by atoms with Gasteiger partial charge in [-0.25, -0.2) is 0 Å². The highest BCUT2D eigenvalue weighted by atomic mass is 32.2. The molecule has 1 atom stereocenters. The molecule has 0 amide bonds. The van der Waals surface area contributed by atoms with Crippen molar-refractivity contribution in [3.05, 3.63) is 30.3 Å². The number of hydrogen-bond acceptors (Lipinski definition) is 3. The predicted octanol–water partition coefficient (Wildman–Crippen LogP) is 0.606. The summed E-state index contributed by atoms with van der Waals surface area (Å²) >= 11 is 0. The molecule has 0 saturated heterocycles. The fourth-order valence-corrected chi connectivity index (χ4v) is 2.43. The Kier molecular flexibility index (Phi) is 7.84. The first-order valence-corrected chi connectivity index (χ1v) is 7.46. The van der Waals surface area contributed by atoms with Crippen LogP contribution in [-0.2, 0) is 15.5 Å². The lowest BCUT2D eigenvalue weighted by molar-refractivity contribution is 0.203. The second-order valence-electron chi connectivity index (χ2n) is 3.78. The van der Waals surface area contributed by atoms with Crippen LogP contribution >= 0.6 is 0 Å². The number of aliphatic imine (C=N–C) groups is 1. The first-order chi connectivity index (χ1) is 9.27. The van der Waals surface area contributed by atoms with Crippen molar-refractivity contribution < 1.29 is 8.95 Å². The number of nitrogens with one attached hydrogen (secondary N) is 2. The molecule has 0 aliphatic heterocycles. The van der Waals surface area contributed by atoms with E-state index in [0.717, 1.165) is 4.90 Å². The Morgan fingerprint density at radius 3 is 2.58 bits per heavy atom. The highest BCUT2D eigenvalue weighted by Crippen LogP contribution is 2.04. The molecule has 0 fully saturated rings. The number of benzene rings is 1. The maximum Gasteiger partial charge on any atom is 0.191 e. The first kappa shape index (κ1) is 15.7. The van der Waals surface area contributed by atoms with Crippen LogP contribution in [0.25, 0.3) is 0 Å². The van der Waals surface area contributed by atoms with Crippen LogP contribution < -0.4 is 10.6 Å². The van der Waals surface area contributed by atoms with Crippen LogP contribution in [0.5, 0.6) is 0 Å². The van der Waals surface area contributed by atoms with E-state index in [-0.39, 0.29) is 0 Å². The maximum absolute atomic E-state index is 12.0. The van der Waals surface area contributed by atoms with Crippen molar-refractivity contribution in [3.8, 4) is 0 Å². The molecule has 0 bridgehead atoms. The molecule has 19 heavy (non-hydrogen) atoms. The van der Waals surface area contributed by atoms with Crippen molar-refractivity contribution in [2.45, 2.75) is 4.90 Å². The van der Waals surface area contributed by atoms with Gasteiger partial charge in [0, 0.05) is 37.9 Å². The standard InChI is InChI=1S/C13H21N3O2S/c1-14-13(15-8-10-18-2)16-9-11-19(17)12-6-4-3-5-7-12/h3-7H,8-11H2,1-2H3,(H2,14,15,16). The largest absolute Gasteiger partial charge is 0.383 e. The van der Waals surface area contributed by atoms with Gasteiger partial charge in [0.05, 0.1) is 17.4 Å². The first-order valence-electron chi connectivity index (χ1n) is 6.15. The molecule has 0 aromatic heterocycles. The summed E-state index contributed by atoms with van der Waals surface area (Å²) in [7, 11) is 2.38. The van der Waals surface area contributed by atoms with E-state index in [9.17, 15) is 4.21 Å².